The fraction of sp³-hybridized carbons (Fsp3) is 0.103. The van der Waals surface area contributed by atoms with Gasteiger partial charge in [0.2, 0.25) is 0 Å². The van der Waals surface area contributed by atoms with Gasteiger partial charge in [-0.05, 0) is 65.4 Å². The Morgan fingerprint density at radius 3 is 2.18 bits per heavy atom. The molecule has 0 aromatic heterocycles. The molecule has 0 spiro atoms. The van der Waals surface area contributed by atoms with E-state index in [4.69, 9.17) is 0 Å². The zero-order valence-electron chi connectivity index (χ0n) is 18.8. The Morgan fingerprint density at radius 1 is 0.912 bits per heavy atom. The van der Waals surface area contributed by atoms with Crippen LogP contribution in [-0.4, -0.2) is 6.36 Å². The first kappa shape index (κ1) is 24.8. The van der Waals surface area contributed by atoms with Crippen molar-refractivity contribution in [2.75, 3.05) is 0 Å². The number of benzene rings is 3. The third-order valence-corrected chi connectivity index (χ3v) is 5.29. The van der Waals surface area contributed by atoms with E-state index in [-0.39, 0.29) is 23.1 Å². The molecule has 0 heterocycles. The van der Waals surface area contributed by atoms with Gasteiger partial charge in [-0.2, -0.15) is 0 Å². The standard InChI is InChI=1S/C29H24F4O/c1-5-8-23-18-24(14-16-27(23)34-29(31,32)33)28(30)25(7-3)26-15-13-22(17-20(26)6-2)21-11-9-19(4)10-12-21/h5-7,9-18H,1-3,8H2,4H3/b28-25-. The van der Waals surface area contributed by atoms with Gasteiger partial charge in [0.15, 0.2) is 0 Å². The van der Waals surface area contributed by atoms with Crippen molar-refractivity contribution in [1.29, 1.82) is 0 Å². The molecule has 1 nitrogen and oxygen atoms in total. The largest absolute Gasteiger partial charge is 0.573 e. The van der Waals surface area contributed by atoms with Crippen molar-refractivity contribution >= 4 is 17.5 Å². The van der Waals surface area contributed by atoms with Crippen LogP contribution in [0.2, 0.25) is 0 Å². The second kappa shape index (κ2) is 10.4. The van der Waals surface area contributed by atoms with Crippen molar-refractivity contribution in [2.24, 2.45) is 0 Å². The lowest BCUT2D eigenvalue weighted by Crippen LogP contribution is -2.18. The highest BCUT2D eigenvalue weighted by atomic mass is 19.4. The first-order chi connectivity index (χ1) is 16.2. The van der Waals surface area contributed by atoms with E-state index in [0.29, 0.717) is 11.1 Å². The average molecular weight is 465 g/mol. The molecule has 0 aliphatic carbocycles. The number of hydrogen-bond donors (Lipinski definition) is 0. The van der Waals surface area contributed by atoms with E-state index in [0.717, 1.165) is 22.8 Å². The van der Waals surface area contributed by atoms with E-state index in [2.05, 4.69) is 24.5 Å². The van der Waals surface area contributed by atoms with E-state index in [1.54, 1.807) is 12.1 Å². The Kier molecular flexibility index (Phi) is 7.57. The molecular weight excluding hydrogens is 440 g/mol. The van der Waals surface area contributed by atoms with Crippen LogP contribution in [0.15, 0.2) is 92.6 Å². The second-order valence-electron chi connectivity index (χ2n) is 7.67. The van der Waals surface area contributed by atoms with Crippen LogP contribution in [0, 0.1) is 6.92 Å². The maximum absolute atomic E-state index is 15.6. The van der Waals surface area contributed by atoms with Crippen LogP contribution in [-0.2, 0) is 6.42 Å². The van der Waals surface area contributed by atoms with Gasteiger partial charge in [0.25, 0.3) is 0 Å². The van der Waals surface area contributed by atoms with Gasteiger partial charge in [0.1, 0.15) is 11.6 Å². The molecular formula is C29H24F4O. The van der Waals surface area contributed by atoms with Crippen molar-refractivity contribution in [3.8, 4) is 16.9 Å². The summed E-state index contributed by atoms with van der Waals surface area (Å²) in [6.45, 7) is 13.2. The first-order valence-electron chi connectivity index (χ1n) is 10.5. The molecule has 0 bridgehead atoms. The summed E-state index contributed by atoms with van der Waals surface area (Å²) in [6.07, 6.45) is -0.322. The predicted octanol–water partition coefficient (Wildman–Crippen LogP) is 8.96. The number of hydrogen-bond acceptors (Lipinski definition) is 1. The normalized spacial score (nSPS) is 12.0. The Bertz CT molecular complexity index is 1250. The predicted molar refractivity (Wildman–Crippen MR) is 132 cm³/mol. The number of allylic oxidation sites excluding steroid dienone is 3. The zero-order chi connectivity index (χ0) is 24.9. The fourth-order valence-electron chi connectivity index (χ4n) is 3.63. The van der Waals surface area contributed by atoms with Gasteiger partial charge in [0.05, 0.1) is 0 Å². The number of rotatable bonds is 8. The molecule has 0 atom stereocenters. The molecule has 3 aromatic carbocycles. The van der Waals surface area contributed by atoms with Crippen LogP contribution in [0.5, 0.6) is 5.75 Å². The fourth-order valence-corrected chi connectivity index (χ4v) is 3.63. The van der Waals surface area contributed by atoms with Gasteiger partial charge in [0, 0.05) is 11.1 Å². The summed E-state index contributed by atoms with van der Waals surface area (Å²) >= 11 is 0. The molecule has 0 saturated heterocycles. The number of aryl methyl sites for hydroxylation is 1. The summed E-state index contributed by atoms with van der Waals surface area (Å²) < 4.78 is 57.9. The van der Waals surface area contributed by atoms with Gasteiger partial charge in [-0.1, -0.05) is 73.3 Å². The molecule has 0 saturated carbocycles. The van der Waals surface area contributed by atoms with Crippen LogP contribution in [0.1, 0.15) is 27.8 Å². The monoisotopic (exact) mass is 464 g/mol. The highest BCUT2D eigenvalue weighted by molar-refractivity contribution is 5.95. The Hall–Kier alpha value is -3.86. The minimum atomic E-state index is -4.85. The maximum Gasteiger partial charge on any atom is 0.573 e. The Labute approximate surface area is 197 Å². The molecule has 0 aliphatic rings. The van der Waals surface area contributed by atoms with Gasteiger partial charge < -0.3 is 4.74 Å². The molecule has 0 N–H and O–H groups in total. The SMILES string of the molecule is C=CCc1cc(/C(F)=C(\C=C)c2ccc(-c3ccc(C)cc3)cc2C=C)ccc1OC(F)(F)F. The van der Waals surface area contributed by atoms with E-state index in [1.165, 1.54) is 24.3 Å². The second-order valence-corrected chi connectivity index (χ2v) is 7.67. The van der Waals surface area contributed by atoms with Gasteiger partial charge in [-0.3, -0.25) is 0 Å². The molecule has 5 heteroatoms. The van der Waals surface area contributed by atoms with E-state index in [1.807, 2.05) is 43.3 Å². The Balaban J connectivity index is 2.08. The minimum absolute atomic E-state index is 0.0825. The Morgan fingerprint density at radius 2 is 1.59 bits per heavy atom. The van der Waals surface area contributed by atoms with Crippen molar-refractivity contribution < 1.29 is 22.3 Å². The summed E-state index contributed by atoms with van der Waals surface area (Å²) in [5.41, 5.74) is 4.86. The van der Waals surface area contributed by atoms with Crippen LogP contribution >= 0.6 is 0 Å². The first-order valence-corrected chi connectivity index (χ1v) is 10.5. The van der Waals surface area contributed by atoms with Crippen LogP contribution in [0.4, 0.5) is 17.6 Å². The van der Waals surface area contributed by atoms with Crippen molar-refractivity contribution in [3.63, 3.8) is 0 Å². The van der Waals surface area contributed by atoms with Crippen LogP contribution in [0.3, 0.4) is 0 Å². The highest BCUT2D eigenvalue weighted by Crippen LogP contribution is 2.36. The lowest BCUT2D eigenvalue weighted by atomic mass is 9.92. The molecule has 0 radical (unpaired) electrons. The van der Waals surface area contributed by atoms with E-state index >= 15 is 4.39 Å². The minimum Gasteiger partial charge on any atom is -0.405 e. The number of halogens is 4. The molecule has 0 unspecified atom stereocenters. The number of ether oxygens (including phenoxy) is 1. The smallest absolute Gasteiger partial charge is 0.405 e. The highest BCUT2D eigenvalue weighted by Gasteiger charge is 2.32. The van der Waals surface area contributed by atoms with Crippen molar-refractivity contribution in [3.05, 3.63) is 120 Å². The molecule has 0 fully saturated rings. The summed E-state index contributed by atoms with van der Waals surface area (Å²) in [4.78, 5) is 0. The van der Waals surface area contributed by atoms with Gasteiger partial charge in [-0.15, -0.1) is 19.8 Å². The summed E-state index contributed by atoms with van der Waals surface area (Å²) in [5, 5.41) is 0. The summed E-state index contributed by atoms with van der Waals surface area (Å²) in [6, 6.07) is 17.3. The lowest BCUT2D eigenvalue weighted by molar-refractivity contribution is -0.274. The van der Waals surface area contributed by atoms with Crippen molar-refractivity contribution in [1.82, 2.24) is 0 Å². The van der Waals surface area contributed by atoms with Gasteiger partial charge >= 0.3 is 6.36 Å². The molecule has 3 rings (SSSR count). The van der Waals surface area contributed by atoms with Crippen LogP contribution in [0.25, 0.3) is 28.6 Å². The van der Waals surface area contributed by atoms with Crippen LogP contribution < -0.4 is 4.74 Å². The average Bonchev–Trinajstić information content (AvgIpc) is 2.80. The molecule has 174 valence electrons. The molecule has 0 aliphatic heterocycles. The molecule has 34 heavy (non-hydrogen) atoms. The van der Waals surface area contributed by atoms with Gasteiger partial charge in [-0.25, -0.2) is 4.39 Å². The zero-order valence-corrected chi connectivity index (χ0v) is 18.8. The number of alkyl halides is 3. The lowest BCUT2D eigenvalue weighted by Gasteiger charge is -2.15. The topological polar surface area (TPSA) is 9.23 Å². The quantitative estimate of drug-likeness (QED) is 0.140. The molecule has 3 aromatic rings. The summed E-state index contributed by atoms with van der Waals surface area (Å²) in [5.74, 6) is -1.01. The molecule has 0 amide bonds. The van der Waals surface area contributed by atoms with Crippen molar-refractivity contribution in [2.45, 2.75) is 19.7 Å². The third kappa shape index (κ3) is 5.73. The third-order valence-electron chi connectivity index (χ3n) is 5.29. The maximum atomic E-state index is 15.6. The summed E-state index contributed by atoms with van der Waals surface area (Å²) in [7, 11) is 0. The van der Waals surface area contributed by atoms with E-state index in [9.17, 15) is 13.2 Å². The van der Waals surface area contributed by atoms with E-state index < -0.39 is 17.9 Å².